The van der Waals surface area contributed by atoms with Gasteiger partial charge in [-0.15, -0.1) is 11.8 Å². The van der Waals surface area contributed by atoms with Gasteiger partial charge in [-0.2, -0.15) is 4.98 Å². The maximum absolute atomic E-state index is 4.86. The average molecular weight is 235 g/mol. The molecule has 0 aliphatic heterocycles. The first-order valence-corrected chi connectivity index (χ1v) is 4.90. The van der Waals surface area contributed by atoms with E-state index in [1.54, 1.807) is 25.1 Å². The molecule has 3 nitrogen and oxygen atoms in total. The molecule has 1 heterocycles. The molecule has 1 aromatic heterocycles. The molecule has 0 saturated carbocycles. The molecule has 5 heteroatoms. The Kier molecular flexibility index (Phi) is 3.14. The van der Waals surface area contributed by atoms with Gasteiger partial charge < -0.3 is 4.74 Å². The van der Waals surface area contributed by atoms with Crippen molar-refractivity contribution >= 4 is 27.7 Å². The van der Waals surface area contributed by atoms with E-state index in [-0.39, 0.29) is 0 Å². The van der Waals surface area contributed by atoms with Crippen molar-refractivity contribution in [1.82, 2.24) is 9.97 Å². The van der Waals surface area contributed by atoms with E-state index >= 15 is 0 Å². The number of halogens is 1. The molecule has 0 atom stereocenters. The molecule has 0 aliphatic rings. The van der Waals surface area contributed by atoms with Crippen molar-refractivity contribution in [3.05, 3.63) is 10.7 Å². The Morgan fingerprint density at radius 2 is 2.36 bits per heavy atom. The Morgan fingerprint density at radius 3 is 2.91 bits per heavy atom. The summed E-state index contributed by atoms with van der Waals surface area (Å²) in [7, 11) is 1.55. The monoisotopic (exact) mass is 234 g/mol. The molecule has 0 fully saturated rings. The van der Waals surface area contributed by atoms with Gasteiger partial charge in [-0.25, -0.2) is 4.98 Å². The zero-order valence-corrected chi connectivity index (χ0v) is 8.57. The van der Waals surface area contributed by atoms with Crippen LogP contribution in [0.4, 0.5) is 0 Å². The fourth-order valence-electron chi connectivity index (χ4n) is 0.578. The third-order valence-corrected chi connectivity index (χ3v) is 2.61. The second-order valence-electron chi connectivity index (χ2n) is 1.71. The summed E-state index contributed by atoms with van der Waals surface area (Å²) in [5, 5.41) is 0.886. The number of hydrogen-bond donors (Lipinski definition) is 0. The molecule has 0 aliphatic carbocycles. The van der Waals surface area contributed by atoms with Crippen LogP contribution in [0.1, 0.15) is 0 Å². The predicted octanol–water partition coefficient (Wildman–Crippen LogP) is 1.97. The summed E-state index contributed by atoms with van der Waals surface area (Å²) in [6.45, 7) is 0. The first-order valence-electron chi connectivity index (χ1n) is 2.88. The minimum absolute atomic E-state index is 0.401. The lowest BCUT2D eigenvalue weighted by atomic mass is 10.7. The van der Waals surface area contributed by atoms with Crippen molar-refractivity contribution in [3.63, 3.8) is 0 Å². The van der Waals surface area contributed by atoms with Crippen LogP contribution >= 0.6 is 27.7 Å². The predicted molar refractivity (Wildman–Crippen MR) is 48.1 cm³/mol. The third kappa shape index (κ3) is 2.07. The van der Waals surface area contributed by atoms with Crippen LogP contribution in [0.3, 0.4) is 0 Å². The van der Waals surface area contributed by atoms with Crippen LogP contribution in [-0.4, -0.2) is 23.3 Å². The normalized spacial score (nSPS) is 9.73. The van der Waals surface area contributed by atoms with Crippen LogP contribution in [0.15, 0.2) is 15.7 Å². The standard InChI is InChI=1S/C6H7BrN2OS/c1-10-6-8-3-4(7)5(9-6)11-2/h3H,1-2H3. The molecule has 0 unspecified atom stereocenters. The molecule has 0 spiro atoms. The van der Waals surface area contributed by atoms with E-state index in [1.807, 2.05) is 6.26 Å². The molecular weight excluding hydrogens is 228 g/mol. The summed E-state index contributed by atoms with van der Waals surface area (Å²) < 4.78 is 5.75. The topological polar surface area (TPSA) is 35.0 Å². The SMILES string of the molecule is COc1ncc(Br)c(SC)n1. The maximum atomic E-state index is 4.86. The van der Waals surface area contributed by atoms with Gasteiger partial charge in [0.25, 0.3) is 0 Å². The zero-order chi connectivity index (χ0) is 8.27. The van der Waals surface area contributed by atoms with Gasteiger partial charge in [0.1, 0.15) is 5.03 Å². The summed E-state index contributed by atoms with van der Waals surface area (Å²) >= 11 is 4.87. The van der Waals surface area contributed by atoms with Crippen molar-refractivity contribution < 1.29 is 4.74 Å². The van der Waals surface area contributed by atoms with E-state index in [0.29, 0.717) is 6.01 Å². The number of ether oxygens (including phenoxy) is 1. The minimum atomic E-state index is 0.401. The summed E-state index contributed by atoms with van der Waals surface area (Å²) in [6, 6.07) is 0.401. The summed E-state index contributed by atoms with van der Waals surface area (Å²) in [5.41, 5.74) is 0. The van der Waals surface area contributed by atoms with Crippen LogP contribution < -0.4 is 4.74 Å². The van der Waals surface area contributed by atoms with Crippen LogP contribution in [0.2, 0.25) is 0 Å². The second kappa shape index (κ2) is 3.92. The highest BCUT2D eigenvalue weighted by molar-refractivity contribution is 9.10. The van der Waals surface area contributed by atoms with E-state index in [2.05, 4.69) is 25.9 Å². The van der Waals surface area contributed by atoms with Gasteiger partial charge in [0.05, 0.1) is 11.6 Å². The Bertz CT molecular complexity index is 256. The second-order valence-corrected chi connectivity index (χ2v) is 3.36. The van der Waals surface area contributed by atoms with Gasteiger partial charge in [-0.3, -0.25) is 0 Å². The highest BCUT2D eigenvalue weighted by Crippen LogP contribution is 2.23. The van der Waals surface area contributed by atoms with Crippen molar-refractivity contribution in [2.45, 2.75) is 5.03 Å². The van der Waals surface area contributed by atoms with Crippen LogP contribution in [0, 0.1) is 0 Å². The van der Waals surface area contributed by atoms with Gasteiger partial charge >= 0.3 is 6.01 Å². The van der Waals surface area contributed by atoms with E-state index in [0.717, 1.165) is 9.50 Å². The van der Waals surface area contributed by atoms with E-state index in [4.69, 9.17) is 4.74 Å². The van der Waals surface area contributed by atoms with Gasteiger partial charge in [-0.1, -0.05) is 0 Å². The molecule has 1 aromatic rings. The quantitative estimate of drug-likeness (QED) is 0.579. The maximum Gasteiger partial charge on any atom is 0.317 e. The highest BCUT2D eigenvalue weighted by Gasteiger charge is 2.02. The van der Waals surface area contributed by atoms with Crippen molar-refractivity contribution in [2.24, 2.45) is 0 Å². The number of hydrogen-bond acceptors (Lipinski definition) is 4. The van der Waals surface area contributed by atoms with Crippen molar-refractivity contribution in [2.75, 3.05) is 13.4 Å². The number of methoxy groups -OCH3 is 1. The molecular formula is C6H7BrN2OS. The molecule has 0 radical (unpaired) electrons. The number of aromatic nitrogens is 2. The number of rotatable bonds is 2. The molecule has 0 saturated heterocycles. The van der Waals surface area contributed by atoms with Crippen molar-refractivity contribution in [3.8, 4) is 6.01 Å². The lowest BCUT2D eigenvalue weighted by Gasteiger charge is -2.00. The third-order valence-electron chi connectivity index (χ3n) is 1.07. The largest absolute Gasteiger partial charge is 0.467 e. The lowest BCUT2D eigenvalue weighted by Crippen LogP contribution is -1.92. The Hall–Kier alpha value is -0.290. The number of nitrogens with zero attached hydrogens (tertiary/aromatic N) is 2. The smallest absolute Gasteiger partial charge is 0.317 e. The van der Waals surface area contributed by atoms with Crippen LogP contribution in [0.25, 0.3) is 0 Å². The van der Waals surface area contributed by atoms with Crippen LogP contribution in [-0.2, 0) is 0 Å². The molecule has 0 N–H and O–H groups in total. The summed E-state index contributed by atoms with van der Waals surface area (Å²) in [6.07, 6.45) is 3.63. The summed E-state index contributed by atoms with van der Waals surface area (Å²) in [4.78, 5) is 8.00. The lowest BCUT2D eigenvalue weighted by molar-refractivity contribution is 0.375. The van der Waals surface area contributed by atoms with E-state index < -0.39 is 0 Å². The Morgan fingerprint density at radius 1 is 1.64 bits per heavy atom. The minimum Gasteiger partial charge on any atom is -0.467 e. The van der Waals surface area contributed by atoms with Gasteiger partial charge in [0, 0.05) is 6.20 Å². The van der Waals surface area contributed by atoms with Crippen LogP contribution in [0.5, 0.6) is 6.01 Å². The molecule has 0 bridgehead atoms. The Balaban J connectivity index is 3.02. The van der Waals surface area contributed by atoms with Gasteiger partial charge in [0.15, 0.2) is 0 Å². The highest BCUT2D eigenvalue weighted by atomic mass is 79.9. The molecule has 11 heavy (non-hydrogen) atoms. The number of thioether (sulfide) groups is 1. The fourth-order valence-corrected chi connectivity index (χ4v) is 1.67. The molecule has 0 aromatic carbocycles. The molecule has 1 rings (SSSR count). The van der Waals surface area contributed by atoms with E-state index in [9.17, 15) is 0 Å². The summed E-state index contributed by atoms with van der Waals surface area (Å²) in [5.74, 6) is 0. The first kappa shape index (κ1) is 8.80. The van der Waals surface area contributed by atoms with Gasteiger partial charge in [0.2, 0.25) is 0 Å². The molecule has 0 amide bonds. The molecule has 60 valence electrons. The fraction of sp³-hybridized carbons (Fsp3) is 0.333. The Labute approximate surface area is 77.7 Å². The average Bonchev–Trinajstić information content (AvgIpc) is 2.05. The van der Waals surface area contributed by atoms with Gasteiger partial charge in [-0.05, 0) is 22.2 Å². The van der Waals surface area contributed by atoms with E-state index in [1.165, 1.54) is 0 Å². The first-order chi connectivity index (χ1) is 5.27. The van der Waals surface area contributed by atoms with Crippen molar-refractivity contribution in [1.29, 1.82) is 0 Å². The zero-order valence-electron chi connectivity index (χ0n) is 6.17.